The van der Waals surface area contributed by atoms with Crippen LogP contribution in [0.1, 0.15) is 11.1 Å². The molecule has 240 valence electrons. The van der Waals surface area contributed by atoms with Gasteiger partial charge in [0, 0.05) is 17.7 Å². The monoisotopic (exact) mass is 661 g/mol. The van der Waals surface area contributed by atoms with Crippen molar-refractivity contribution in [2.24, 2.45) is 0 Å². The summed E-state index contributed by atoms with van der Waals surface area (Å²) in [5.74, 6) is -2.79. The van der Waals surface area contributed by atoms with Crippen LogP contribution in [0.25, 0.3) is 0 Å². The minimum atomic E-state index is -6.40. The molecule has 0 unspecified atom stereocenters. The lowest BCUT2D eigenvalue weighted by atomic mass is 9.90. The second-order valence-electron chi connectivity index (χ2n) is 8.12. The van der Waals surface area contributed by atoms with Gasteiger partial charge in [-0.25, -0.2) is 0 Å². The van der Waals surface area contributed by atoms with E-state index in [0.717, 1.165) is 12.1 Å². The summed E-state index contributed by atoms with van der Waals surface area (Å²) in [6, 6.07) is 3.15. The number of ether oxygens (including phenoxy) is 4. The number of hydrogen-bond acceptors (Lipinski definition) is 6. The fraction of sp³-hybridized carbons (Fsp3) is 0.400. The summed E-state index contributed by atoms with van der Waals surface area (Å²) in [4.78, 5) is 9.24. The van der Waals surface area contributed by atoms with Crippen molar-refractivity contribution in [2.45, 2.75) is 48.5 Å². The lowest BCUT2D eigenvalue weighted by Gasteiger charge is -2.42. The Bertz CT molecular complexity index is 1350. The van der Waals surface area contributed by atoms with E-state index in [9.17, 15) is 80.4 Å². The van der Waals surface area contributed by atoms with Crippen LogP contribution in [0.3, 0.4) is 0 Å². The molecule has 0 saturated heterocycles. The van der Waals surface area contributed by atoms with Gasteiger partial charge in [0.15, 0.2) is 0 Å². The number of nitro benzene ring substituents is 1. The molecule has 2 aliphatic heterocycles. The maximum absolute atomic E-state index is 13.1. The Hall–Kier alpha value is -3.76. The molecule has 0 saturated carbocycles. The van der Waals surface area contributed by atoms with Gasteiger partial charge in [0.1, 0.15) is 11.5 Å². The molecule has 2 heterocycles. The van der Waals surface area contributed by atoms with Gasteiger partial charge in [-0.3, -0.25) is 19.6 Å². The van der Waals surface area contributed by atoms with Gasteiger partial charge in [-0.15, -0.1) is 17.6 Å². The lowest BCUT2D eigenvalue weighted by molar-refractivity contribution is -0.495. The van der Waals surface area contributed by atoms with Crippen molar-refractivity contribution in [2.75, 3.05) is 0 Å². The van der Waals surface area contributed by atoms with Crippen molar-refractivity contribution in [1.82, 2.24) is 0 Å². The number of alkyl halides is 16. The van der Waals surface area contributed by atoms with E-state index < -0.39 is 81.7 Å². The topological polar surface area (TPSA) is 80.1 Å². The molecule has 0 spiro atoms. The van der Waals surface area contributed by atoms with Gasteiger partial charge in [-0.1, -0.05) is 18.2 Å². The molecule has 0 fully saturated rings. The lowest BCUT2D eigenvalue weighted by Crippen LogP contribution is -2.61. The van der Waals surface area contributed by atoms with E-state index in [0.29, 0.717) is 18.2 Å². The maximum atomic E-state index is 13.1. The van der Waals surface area contributed by atoms with E-state index in [-0.39, 0.29) is 12.1 Å². The van der Waals surface area contributed by atoms with E-state index in [4.69, 9.17) is 0 Å². The molecule has 4 rings (SSSR count). The summed E-state index contributed by atoms with van der Waals surface area (Å²) < 4.78 is 221. The van der Waals surface area contributed by atoms with Crippen LogP contribution < -0.4 is 9.47 Å². The highest BCUT2D eigenvalue weighted by Crippen LogP contribution is 2.61. The smallest absolute Gasteiger partial charge is 0.409 e. The Morgan fingerprint density at radius 2 is 0.953 bits per heavy atom. The van der Waals surface area contributed by atoms with Crippen LogP contribution in [0.15, 0.2) is 42.5 Å². The predicted octanol–water partition coefficient (Wildman–Crippen LogP) is 7.84. The van der Waals surface area contributed by atoms with Crippen LogP contribution in [-0.2, 0) is 20.7 Å². The summed E-state index contributed by atoms with van der Waals surface area (Å²) in [5, 5.41) is 10.5. The highest BCUT2D eigenvalue weighted by Gasteiger charge is 2.80. The van der Waals surface area contributed by atoms with Gasteiger partial charge in [0.2, 0.25) is 0 Å². The number of rotatable bonds is 1. The van der Waals surface area contributed by atoms with Gasteiger partial charge in [0.25, 0.3) is 16.9 Å². The molecule has 0 radical (unpaired) electrons. The molecule has 7 nitrogen and oxygen atoms in total. The molecule has 2 aliphatic rings. The van der Waals surface area contributed by atoms with E-state index in [1.165, 1.54) is 0 Å². The second-order valence-corrected chi connectivity index (χ2v) is 8.12. The van der Waals surface area contributed by atoms with Gasteiger partial charge < -0.3 is 9.47 Å². The van der Waals surface area contributed by atoms with Gasteiger partial charge >= 0.3 is 37.3 Å². The molecule has 23 heteroatoms. The Morgan fingerprint density at radius 3 is 1.35 bits per heavy atom. The van der Waals surface area contributed by atoms with Crippen molar-refractivity contribution < 1.29 is 94.1 Å². The largest absolute Gasteiger partial charge is 0.536 e. The van der Waals surface area contributed by atoms with Crippen LogP contribution in [0.5, 0.6) is 11.5 Å². The molecular formula is C20H7F16NO6. The van der Waals surface area contributed by atoms with Crippen LogP contribution in [0.2, 0.25) is 0 Å². The zero-order valence-corrected chi connectivity index (χ0v) is 19.5. The average Bonchev–Trinajstić information content (AvgIpc) is 2.78. The molecule has 0 atom stereocenters. The number of non-ortho nitro benzene ring substituents is 1. The van der Waals surface area contributed by atoms with Crippen molar-refractivity contribution in [3.05, 3.63) is 63.7 Å². The minimum absolute atomic E-state index is 0.175. The summed E-state index contributed by atoms with van der Waals surface area (Å²) in [6.07, 6.45) is -35.4. The summed E-state index contributed by atoms with van der Waals surface area (Å²) in [5.41, 5.74) is -15.4. The van der Waals surface area contributed by atoms with Gasteiger partial charge in [-0.2, -0.15) is 52.7 Å². The SMILES string of the molecule is FC1(F)Oc2ccccc2C(C(F)(F)F)(C(F)(F)F)O1.O=[N+]([O-])c1ccc2c(c1)C(C(F)(F)F)(C(F)(F)F)OC(F)(F)O2. The first-order valence-electron chi connectivity index (χ1n) is 10.3. The fourth-order valence-corrected chi connectivity index (χ4v) is 3.77. The van der Waals surface area contributed by atoms with Crippen molar-refractivity contribution in [1.29, 1.82) is 0 Å². The van der Waals surface area contributed by atoms with Crippen LogP contribution in [0, 0.1) is 10.1 Å². The third kappa shape index (κ3) is 5.65. The third-order valence-electron chi connectivity index (χ3n) is 5.42. The summed E-state index contributed by atoms with van der Waals surface area (Å²) in [6.45, 7) is 0. The van der Waals surface area contributed by atoms with Gasteiger partial charge in [-0.05, 0) is 12.1 Å². The Kier molecular flexibility index (Phi) is 7.76. The van der Waals surface area contributed by atoms with Crippen LogP contribution >= 0.6 is 0 Å². The van der Waals surface area contributed by atoms with Gasteiger partial charge in [0.05, 0.1) is 10.5 Å². The Labute approximate surface area is 224 Å². The molecule has 43 heavy (non-hydrogen) atoms. The number of para-hydroxylation sites is 1. The first kappa shape index (κ1) is 33.7. The van der Waals surface area contributed by atoms with Crippen molar-refractivity contribution in [3.8, 4) is 11.5 Å². The molecule has 0 aliphatic carbocycles. The van der Waals surface area contributed by atoms with Crippen molar-refractivity contribution in [3.63, 3.8) is 0 Å². The number of halogens is 16. The number of benzene rings is 2. The van der Waals surface area contributed by atoms with Crippen LogP contribution in [0.4, 0.5) is 75.9 Å². The van der Waals surface area contributed by atoms with E-state index in [1.807, 2.05) is 0 Å². The highest BCUT2D eigenvalue weighted by molar-refractivity contribution is 5.49. The number of hydrogen-bond donors (Lipinski definition) is 0. The average molecular weight is 661 g/mol. The fourth-order valence-electron chi connectivity index (χ4n) is 3.77. The zero-order valence-electron chi connectivity index (χ0n) is 19.5. The van der Waals surface area contributed by atoms with E-state index in [1.54, 1.807) is 0 Å². The standard InChI is InChI=1S/C10H3F8NO4.C10H4F8O2/c11-8(12,13)7(9(14,15)16)5-3-4(19(20)21)1-2-6(5)22-10(17,18)23-7;11-8(12,13)7(9(14,15)16)5-3-1-2-4-6(5)19-10(17,18)20-7/h1-3H;1-4H. The number of nitrogens with zero attached hydrogens (tertiary/aromatic N) is 1. The molecule has 0 aromatic heterocycles. The molecule has 2 aromatic rings. The highest BCUT2D eigenvalue weighted by atomic mass is 19.4. The molecule has 0 N–H and O–H groups in total. The first-order valence-corrected chi connectivity index (χ1v) is 10.3. The molecule has 0 amide bonds. The summed E-state index contributed by atoms with van der Waals surface area (Å²) >= 11 is 0. The van der Waals surface area contributed by atoms with E-state index in [2.05, 4.69) is 18.9 Å². The van der Waals surface area contributed by atoms with Crippen LogP contribution in [-0.4, -0.2) is 42.2 Å². The number of nitro groups is 1. The second kappa shape index (κ2) is 9.89. The number of fused-ring (bicyclic) bond motifs is 2. The summed E-state index contributed by atoms with van der Waals surface area (Å²) in [7, 11) is 0. The molecule has 2 aromatic carbocycles. The van der Waals surface area contributed by atoms with E-state index >= 15 is 0 Å². The maximum Gasteiger partial charge on any atom is 0.536 e. The van der Waals surface area contributed by atoms with Crippen molar-refractivity contribution >= 4 is 5.69 Å². The quantitative estimate of drug-likeness (QED) is 0.176. The first-order chi connectivity index (χ1) is 19.1. The Morgan fingerprint density at radius 1 is 0.581 bits per heavy atom. The Balaban J connectivity index is 0.000000238. The normalized spacial score (nSPS) is 20.3. The predicted molar refractivity (Wildman–Crippen MR) is 100 cm³/mol. The molecule has 0 bridgehead atoms. The minimum Gasteiger partial charge on any atom is -0.409 e. The molecular weight excluding hydrogens is 654 g/mol. The zero-order chi connectivity index (χ0) is 33.2. The third-order valence-corrected chi connectivity index (χ3v) is 5.42.